The molecule has 10 heteroatoms. The van der Waals surface area contributed by atoms with E-state index in [1.807, 2.05) is 0 Å². The highest BCUT2D eigenvalue weighted by atomic mass is 19.1. The highest BCUT2D eigenvalue weighted by molar-refractivity contribution is 5.87. The Morgan fingerprint density at radius 1 is 1.42 bits per heavy atom. The molecule has 1 fully saturated rings. The summed E-state index contributed by atoms with van der Waals surface area (Å²) in [7, 11) is 0. The van der Waals surface area contributed by atoms with Crippen LogP contribution in [-0.4, -0.2) is 54.8 Å². The first-order valence-corrected chi connectivity index (χ1v) is 7.77. The van der Waals surface area contributed by atoms with E-state index in [1.54, 1.807) is 4.90 Å². The lowest BCUT2D eigenvalue weighted by Gasteiger charge is -2.18. The van der Waals surface area contributed by atoms with Crippen molar-refractivity contribution in [3.8, 4) is 0 Å². The van der Waals surface area contributed by atoms with E-state index in [-0.39, 0.29) is 33.1 Å². The molecule has 1 aliphatic heterocycles. The van der Waals surface area contributed by atoms with Crippen LogP contribution in [0.5, 0.6) is 0 Å². The van der Waals surface area contributed by atoms with Crippen molar-refractivity contribution in [1.82, 2.24) is 14.5 Å². The molecule has 9 nitrogen and oxygen atoms in total. The van der Waals surface area contributed by atoms with Crippen LogP contribution < -0.4 is 10.9 Å². The second-order valence-electron chi connectivity index (χ2n) is 5.99. The average Bonchev–Trinajstić information content (AvgIpc) is 3.03. The van der Waals surface area contributed by atoms with Crippen LogP contribution in [0.3, 0.4) is 0 Å². The van der Waals surface area contributed by atoms with E-state index in [0.29, 0.717) is 25.8 Å². The molecule has 0 radical (unpaired) electrons. The van der Waals surface area contributed by atoms with Crippen molar-refractivity contribution < 1.29 is 24.5 Å². The van der Waals surface area contributed by atoms with Crippen molar-refractivity contribution in [3.05, 3.63) is 47.3 Å². The number of carbonyl (C=O) groups is 1. The molecule has 26 heavy (non-hydrogen) atoms. The van der Waals surface area contributed by atoms with Crippen molar-refractivity contribution in [1.29, 1.82) is 0 Å². The second kappa shape index (κ2) is 6.48. The van der Waals surface area contributed by atoms with Gasteiger partial charge in [-0.25, -0.2) is 13.9 Å². The van der Waals surface area contributed by atoms with E-state index >= 15 is 0 Å². The lowest BCUT2D eigenvalue weighted by atomic mass is 10.2. The zero-order valence-electron chi connectivity index (χ0n) is 13.6. The predicted molar refractivity (Wildman–Crippen MR) is 89.4 cm³/mol. The first-order valence-electron chi connectivity index (χ1n) is 7.77. The number of halogens is 1. The Morgan fingerprint density at radius 3 is 2.81 bits per heavy atom. The summed E-state index contributed by atoms with van der Waals surface area (Å²) in [5.74, 6) is -0.871. The van der Waals surface area contributed by atoms with E-state index in [2.05, 4.69) is 16.9 Å². The molecule has 2 heterocycles. The van der Waals surface area contributed by atoms with Gasteiger partial charge in [0.2, 0.25) is 5.91 Å². The number of anilines is 1. The smallest absolute Gasteiger partial charge is 0.377 e. The van der Waals surface area contributed by atoms with Crippen molar-refractivity contribution in [3.63, 3.8) is 0 Å². The minimum Gasteiger partial charge on any atom is -0.378 e. The molecule has 1 unspecified atom stereocenters. The SMILES string of the molecule is C=CC(=O)N1CCC(Nc2cc3c(=O)n(C(O)(O)O)cnc3cc2F)C1. The van der Waals surface area contributed by atoms with Crippen LogP contribution in [0.2, 0.25) is 0 Å². The monoisotopic (exact) mass is 364 g/mol. The summed E-state index contributed by atoms with van der Waals surface area (Å²) in [6.45, 7) is 4.27. The molecule has 1 saturated heterocycles. The van der Waals surface area contributed by atoms with E-state index in [9.17, 15) is 29.3 Å². The third kappa shape index (κ3) is 3.29. The van der Waals surface area contributed by atoms with Gasteiger partial charge in [-0.2, -0.15) is 0 Å². The zero-order chi connectivity index (χ0) is 19.1. The summed E-state index contributed by atoms with van der Waals surface area (Å²) in [4.78, 5) is 29.2. The molecule has 1 aromatic heterocycles. The van der Waals surface area contributed by atoms with Gasteiger partial charge in [-0.15, -0.1) is 0 Å². The van der Waals surface area contributed by atoms with Gasteiger partial charge in [0.05, 0.1) is 16.6 Å². The van der Waals surface area contributed by atoms with E-state index in [1.165, 1.54) is 12.1 Å². The van der Waals surface area contributed by atoms with E-state index in [4.69, 9.17) is 0 Å². The number of benzene rings is 1. The topological polar surface area (TPSA) is 128 Å². The Labute approximate surface area is 146 Å². The molecular formula is C16H17FN4O5. The highest BCUT2D eigenvalue weighted by Crippen LogP contribution is 2.23. The molecule has 1 aliphatic rings. The van der Waals surface area contributed by atoms with Crippen LogP contribution in [0, 0.1) is 5.82 Å². The number of nitrogens with one attached hydrogen (secondary N) is 1. The molecule has 0 aliphatic carbocycles. The fourth-order valence-electron chi connectivity index (χ4n) is 2.89. The Hall–Kier alpha value is -2.82. The summed E-state index contributed by atoms with van der Waals surface area (Å²) in [6, 6.07) is 1.98. The van der Waals surface area contributed by atoms with Crippen LogP contribution in [-0.2, 0) is 10.9 Å². The number of hydrogen-bond acceptors (Lipinski definition) is 7. The molecule has 4 N–H and O–H groups in total. The third-order valence-electron chi connectivity index (χ3n) is 4.20. The summed E-state index contributed by atoms with van der Waals surface area (Å²) in [6.07, 6.45) is -0.927. The minimum atomic E-state index is -3.42. The van der Waals surface area contributed by atoms with Crippen molar-refractivity contribution in [2.24, 2.45) is 0 Å². The fraction of sp³-hybridized carbons (Fsp3) is 0.312. The molecule has 3 rings (SSSR count). The number of aromatic nitrogens is 2. The molecule has 2 aromatic rings. The summed E-state index contributed by atoms with van der Waals surface area (Å²) in [5.41, 5.74) is -0.958. The summed E-state index contributed by atoms with van der Waals surface area (Å²) in [5, 5.41) is 30.4. The molecule has 0 bridgehead atoms. The Bertz CT molecular complexity index is 937. The summed E-state index contributed by atoms with van der Waals surface area (Å²) < 4.78 is 14.5. The maximum atomic E-state index is 14.3. The van der Waals surface area contributed by atoms with Gasteiger partial charge in [0.15, 0.2) is 0 Å². The lowest BCUT2D eigenvalue weighted by molar-refractivity contribution is -0.377. The van der Waals surface area contributed by atoms with Gasteiger partial charge in [0.25, 0.3) is 5.56 Å². The first kappa shape index (κ1) is 18.0. The molecule has 1 atom stereocenters. The summed E-state index contributed by atoms with van der Waals surface area (Å²) >= 11 is 0. The average molecular weight is 364 g/mol. The van der Waals surface area contributed by atoms with E-state index < -0.39 is 17.5 Å². The normalized spacial score (nSPS) is 17.5. The molecule has 138 valence electrons. The van der Waals surface area contributed by atoms with Crippen LogP contribution >= 0.6 is 0 Å². The molecule has 1 amide bonds. The minimum absolute atomic E-state index is 0.00599. The van der Waals surface area contributed by atoms with Crippen LogP contribution in [0.4, 0.5) is 10.1 Å². The zero-order valence-corrected chi connectivity index (χ0v) is 13.6. The van der Waals surface area contributed by atoms with Gasteiger partial charge in [-0.05, 0) is 18.6 Å². The first-order chi connectivity index (χ1) is 12.2. The van der Waals surface area contributed by atoms with Gasteiger partial charge in [-0.3, -0.25) is 9.59 Å². The van der Waals surface area contributed by atoms with Crippen molar-refractivity contribution >= 4 is 22.5 Å². The molecular weight excluding hydrogens is 347 g/mol. The standard InChI is InChI=1S/C16H17FN4O5/c1-2-14(22)20-4-3-9(7-20)19-13-5-10-12(6-11(13)17)18-8-21(15(10)23)16(24,25)26/h2,5-6,8-9,19,24-26H,1,3-4,7H2. The fourth-order valence-corrected chi connectivity index (χ4v) is 2.89. The maximum Gasteiger partial charge on any atom is 0.377 e. The van der Waals surface area contributed by atoms with Crippen LogP contribution in [0.15, 0.2) is 35.9 Å². The second-order valence-corrected chi connectivity index (χ2v) is 5.99. The number of carbonyl (C=O) groups excluding carboxylic acids is 1. The number of nitrogens with zero attached hydrogens (tertiary/aromatic N) is 3. The molecule has 1 aromatic carbocycles. The Kier molecular flexibility index (Phi) is 4.48. The molecule has 0 saturated carbocycles. The maximum absolute atomic E-state index is 14.3. The van der Waals surface area contributed by atoms with Gasteiger partial charge < -0.3 is 25.5 Å². The van der Waals surface area contributed by atoms with Crippen LogP contribution in [0.1, 0.15) is 6.42 Å². The van der Waals surface area contributed by atoms with E-state index in [0.717, 1.165) is 6.07 Å². The lowest BCUT2D eigenvalue weighted by Crippen LogP contribution is -2.40. The number of likely N-dealkylation sites (tertiary alicyclic amines) is 1. The van der Waals surface area contributed by atoms with Gasteiger partial charge >= 0.3 is 6.10 Å². The number of fused-ring (bicyclic) bond motifs is 1. The molecule has 0 spiro atoms. The van der Waals surface area contributed by atoms with Crippen molar-refractivity contribution in [2.75, 3.05) is 18.4 Å². The Morgan fingerprint density at radius 2 is 2.15 bits per heavy atom. The highest BCUT2D eigenvalue weighted by Gasteiger charge is 2.27. The van der Waals surface area contributed by atoms with Crippen LogP contribution in [0.25, 0.3) is 10.9 Å². The van der Waals surface area contributed by atoms with Gasteiger partial charge in [-0.1, -0.05) is 6.58 Å². The number of amides is 1. The quantitative estimate of drug-likeness (QED) is 0.416. The number of hydrogen-bond donors (Lipinski definition) is 4. The largest absolute Gasteiger partial charge is 0.378 e. The van der Waals surface area contributed by atoms with Crippen molar-refractivity contribution in [2.45, 2.75) is 18.6 Å². The Balaban J connectivity index is 1.93. The van der Waals surface area contributed by atoms with Gasteiger partial charge in [0.1, 0.15) is 12.1 Å². The predicted octanol–water partition coefficient (Wildman–Crippen LogP) is -0.721. The number of aliphatic hydroxyl groups is 3. The third-order valence-corrected chi connectivity index (χ3v) is 4.20. The van der Waals surface area contributed by atoms with Gasteiger partial charge in [0, 0.05) is 25.2 Å². The number of rotatable bonds is 4.